The Labute approximate surface area is 181 Å². The van der Waals surface area contributed by atoms with E-state index in [0.29, 0.717) is 16.1 Å². The molecule has 30 heavy (non-hydrogen) atoms. The molecular weight excluding hydrogens is 398 g/mol. The molecule has 2 amide bonds. The Morgan fingerprint density at radius 1 is 1.03 bits per heavy atom. The largest absolute Gasteiger partial charge is 0.353 e. The minimum Gasteiger partial charge on any atom is -0.353 e. The Morgan fingerprint density at radius 3 is 2.40 bits per heavy atom. The summed E-state index contributed by atoms with van der Waals surface area (Å²) in [7, 11) is 1.73. The van der Waals surface area contributed by atoms with Crippen LogP contribution in [0.2, 0.25) is 0 Å². The molecule has 0 saturated carbocycles. The van der Waals surface area contributed by atoms with Crippen molar-refractivity contribution < 1.29 is 14.4 Å². The van der Waals surface area contributed by atoms with E-state index in [1.165, 1.54) is 16.2 Å². The molecule has 0 spiro atoms. The number of fused-ring (bicyclic) bond motifs is 1. The molecule has 1 aliphatic carbocycles. The van der Waals surface area contributed by atoms with Gasteiger partial charge in [-0.05, 0) is 52.1 Å². The van der Waals surface area contributed by atoms with E-state index < -0.39 is 0 Å². The third-order valence-electron chi connectivity index (χ3n) is 4.96. The Kier molecular flexibility index (Phi) is 7.39. The first-order valence-electron chi connectivity index (χ1n) is 10.4. The lowest BCUT2D eigenvalue weighted by Gasteiger charge is -2.17. The second kappa shape index (κ2) is 10.00. The second-order valence-electron chi connectivity index (χ2n) is 8.05. The van der Waals surface area contributed by atoms with Crippen LogP contribution < -0.4 is 10.6 Å². The molecule has 1 aliphatic rings. The normalized spacial score (nSPS) is 13.2. The smallest absolute Gasteiger partial charge is 0.239 e. The van der Waals surface area contributed by atoms with Crippen molar-refractivity contribution in [1.82, 2.24) is 10.2 Å². The van der Waals surface area contributed by atoms with Gasteiger partial charge in [0, 0.05) is 16.5 Å². The number of anilines is 1. The summed E-state index contributed by atoms with van der Waals surface area (Å²) in [6.07, 6.45) is 3.97. The number of hydrogen-bond acceptors (Lipinski definition) is 5. The van der Waals surface area contributed by atoms with Gasteiger partial charge in [-0.1, -0.05) is 30.3 Å². The number of benzene rings is 1. The van der Waals surface area contributed by atoms with Crippen LogP contribution in [0.15, 0.2) is 30.3 Å². The monoisotopic (exact) mass is 427 g/mol. The molecule has 6 nitrogen and oxygen atoms in total. The lowest BCUT2D eigenvalue weighted by Crippen LogP contribution is -2.41. The predicted molar refractivity (Wildman–Crippen MR) is 120 cm³/mol. The maximum Gasteiger partial charge on any atom is 0.239 e. The van der Waals surface area contributed by atoms with Gasteiger partial charge in [0.05, 0.1) is 18.7 Å². The summed E-state index contributed by atoms with van der Waals surface area (Å²) in [6.45, 7) is 4.01. The number of amides is 2. The zero-order valence-electron chi connectivity index (χ0n) is 17.8. The average molecular weight is 428 g/mol. The topological polar surface area (TPSA) is 78.5 Å². The van der Waals surface area contributed by atoms with Crippen molar-refractivity contribution in [2.45, 2.75) is 45.6 Å². The highest BCUT2D eigenvalue weighted by atomic mass is 32.1. The summed E-state index contributed by atoms with van der Waals surface area (Å²) in [4.78, 5) is 40.7. The minimum absolute atomic E-state index is 0.0463. The van der Waals surface area contributed by atoms with Crippen LogP contribution >= 0.6 is 11.3 Å². The summed E-state index contributed by atoms with van der Waals surface area (Å²) in [6, 6.07) is 9.25. The van der Waals surface area contributed by atoms with Crippen molar-refractivity contribution in [2.75, 3.05) is 25.5 Å². The fraction of sp³-hybridized carbons (Fsp3) is 0.435. The molecule has 0 fully saturated rings. The number of likely N-dealkylation sites (N-methyl/N-ethyl adjacent to an activating group) is 1. The first-order valence-corrected chi connectivity index (χ1v) is 11.2. The van der Waals surface area contributed by atoms with Gasteiger partial charge in [0.2, 0.25) is 11.8 Å². The fourth-order valence-corrected chi connectivity index (χ4v) is 5.01. The molecule has 7 heteroatoms. The summed E-state index contributed by atoms with van der Waals surface area (Å²) >= 11 is 1.51. The van der Waals surface area contributed by atoms with Crippen molar-refractivity contribution in [3.05, 3.63) is 51.9 Å². The quantitative estimate of drug-likeness (QED) is 0.634. The van der Waals surface area contributed by atoms with E-state index >= 15 is 0 Å². The number of rotatable bonds is 8. The lowest BCUT2D eigenvalue weighted by atomic mass is 9.92. The molecule has 0 aliphatic heterocycles. The van der Waals surface area contributed by atoms with E-state index in [4.69, 9.17) is 0 Å². The van der Waals surface area contributed by atoms with Gasteiger partial charge in [0.25, 0.3) is 0 Å². The third-order valence-corrected chi connectivity index (χ3v) is 6.17. The van der Waals surface area contributed by atoms with Crippen molar-refractivity contribution in [3.8, 4) is 0 Å². The molecule has 2 aromatic rings. The van der Waals surface area contributed by atoms with E-state index in [9.17, 15) is 14.4 Å². The molecule has 160 valence electrons. The number of carbonyl (C=O) groups is 3. The number of thiophene rings is 1. The minimum atomic E-state index is -0.226. The molecule has 3 rings (SSSR count). The van der Waals surface area contributed by atoms with Gasteiger partial charge in [-0.2, -0.15) is 0 Å². The van der Waals surface area contributed by atoms with Crippen LogP contribution in [0.5, 0.6) is 0 Å². The van der Waals surface area contributed by atoms with Crippen LogP contribution in [0.25, 0.3) is 0 Å². The molecule has 1 aromatic heterocycles. The third kappa shape index (κ3) is 5.55. The Hall–Kier alpha value is -2.51. The molecule has 0 unspecified atom stereocenters. The van der Waals surface area contributed by atoms with Gasteiger partial charge in [0.1, 0.15) is 5.00 Å². The first-order chi connectivity index (χ1) is 14.3. The van der Waals surface area contributed by atoms with Gasteiger partial charge < -0.3 is 10.6 Å². The first kappa shape index (κ1) is 22.2. The van der Waals surface area contributed by atoms with E-state index in [0.717, 1.165) is 31.2 Å². The van der Waals surface area contributed by atoms with Crippen LogP contribution in [0.3, 0.4) is 0 Å². The number of ketones is 1. The maximum atomic E-state index is 13.2. The van der Waals surface area contributed by atoms with Gasteiger partial charge in [-0.3, -0.25) is 19.3 Å². The Morgan fingerprint density at radius 2 is 1.70 bits per heavy atom. The van der Waals surface area contributed by atoms with Crippen LogP contribution in [-0.2, 0) is 22.4 Å². The summed E-state index contributed by atoms with van der Waals surface area (Å²) < 4.78 is 0. The van der Waals surface area contributed by atoms with Gasteiger partial charge in [-0.25, -0.2) is 0 Å². The van der Waals surface area contributed by atoms with E-state index in [1.807, 2.05) is 44.2 Å². The number of hydrogen-bond donors (Lipinski definition) is 2. The highest BCUT2D eigenvalue weighted by Crippen LogP contribution is 2.39. The van der Waals surface area contributed by atoms with Gasteiger partial charge in [-0.15, -0.1) is 11.3 Å². The average Bonchev–Trinajstić information content (AvgIpc) is 3.04. The van der Waals surface area contributed by atoms with Crippen molar-refractivity contribution in [3.63, 3.8) is 0 Å². The maximum absolute atomic E-state index is 13.2. The number of carbonyl (C=O) groups excluding carboxylic acids is 3. The highest BCUT2D eigenvalue weighted by molar-refractivity contribution is 7.17. The summed E-state index contributed by atoms with van der Waals surface area (Å²) in [5.74, 6) is -0.391. The van der Waals surface area contributed by atoms with Gasteiger partial charge in [0.15, 0.2) is 5.78 Å². The lowest BCUT2D eigenvalue weighted by molar-refractivity contribution is -0.123. The second-order valence-corrected chi connectivity index (χ2v) is 9.16. The molecule has 1 heterocycles. The number of aryl methyl sites for hydroxylation is 1. The van der Waals surface area contributed by atoms with Gasteiger partial charge >= 0.3 is 0 Å². The van der Waals surface area contributed by atoms with Crippen molar-refractivity contribution in [2.24, 2.45) is 0 Å². The van der Waals surface area contributed by atoms with E-state index in [1.54, 1.807) is 11.9 Å². The van der Waals surface area contributed by atoms with Crippen LogP contribution in [-0.4, -0.2) is 48.7 Å². The molecule has 0 bridgehead atoms. The zero-order valence-corrected chi connectivity index (χ0v) is 18.6. The van der Waals surface area contributed by atoms with Crippen LogP contribution in [0, 0.1) is 0 Å². The SMILES string of the molecule is CC(C)NC(=O)CN(C)CC(=O)Nc1sc2c(c1C(=O)c1ccccc1)CCCC2. The molecule has 1 aromatic carbocycles. The molecule has 0 atom stereocenters. The summed E-state index contributed by atoms with van der Waals surface area (Å²) in [5.41, 5.74) is 2.34. The standard InChI is InChI=1S/C23H29N3O3S/c1-15(2)24-19(27)13-26(3)14-20(28)25-23-21(17-11-7-8-12-18(17)30-23)22(29)16-9-5-4-6-10-16/h4-6,9-10,15H,7-8,11-14H2,1-3H3,(H,24,27)(H,25,28). The number of nitrogens with one attached hydrogen (secondary N) is 2. The number of nitrogens with zero attached hydrogens (tertiary/aromatic N) is 1. The molecule has 2 N–H and O–H groups in total. The zero-order chi connectivity index (χ0) is 21.7. The van der Waals surface area contributed by atoms with Crippen LogP contribution in [0.4, 0.5) is 5.00 Å². The Balaban J connectivity index is 1.75. The predicted octanol–water partition coefficient (Wildman–Crippen LogP) is 3.25. The highest BCUT2D eigenvalue weighted by Gasteiger charge is 2.27. The van der Waals surface area contributed by atoms with Crippen molar-refractivity contribution >= 4 is 33.9 Å². The van der Waals surface area contributed by atoms with Crippen molar-refractivity contribution in [1.29, 1.82) is 0 Å². The van der Waals surface area contributed by atoms with Crippen LogP contribution in [0.1, 0.15) is 53.1 Å². The molecular formula is C23H29N3O3S. The summed E-state index contributed by atoms with van der Waals surface area (Å²) in [5, 5.41) is 6.39. The van der Waals surface area contributed by atoms with E-state index in [-0.39, 0.29) is 36.7 Å². The Bertz CT molecular complexity index is 921. The van der Waals surface area contributed by atoms with E-state index in [2.05, 4.69) is 10.6 Å². The molecule has 0 saturated heterocycles. The fourth-order valence-electron chi connectivity index (χ4n) is 3.71. The molecule has 0 radical (unpaired) electrons.